The zero-order valence-corrected chi connectivity index (χ0v) is 11.9. The van der Waals surface area contributed by atoms with Crippen molar-refractivity contribution in [1.82, 2.24) is 15.1 Å². The zero-order valence-electron chi connectivity index (χ0n) is 11.9. The van der Waals surface area contributed by atoms with Gasteiger partial charge in [0.2, 0.25) is 11.8 Å². The van der Waals surface area contributed by atoms with Crippen LogP contribution in [0.15, 0.2) is 28.7 Å². The molecule has 20 heavy (non-hydrogen) atoms. The maximum Gasteiger partial charge on any atom is 0.220 e. The Balaban J connectivity index is 1.66. The normalized spacial score (nSPS) is 19.4. The molecule has 1 aliphatic heterocycles. The maximum absolute atomic E-state index is 5.54. The van der Waals surface area contributed by atoms with Crippen molar-refractivity contribution in [2.75, 3.05) is 20.2 Å². The van der Waals surface area contributed by atoms with Gasteiger partial charge in [-0.3, -0.25) is 4.90 Å². The van der Waals surface area contributed by atoms with Gasteiger partial charge in [0.05, 0.1) is 13.0 Å². The van der Waals surface area contributed by atoms with E-state index in [9.17, 15) is 0 Å². The van der Waals surface area contributed by atoms with Crippen LogP contribution in [0.2, 0.25) is 0 Å². The molecule has 0 aliphatic carbocycles. The molecule has 0 spiro atoms. The van der Waals surface area contributed by atoms with Crippen LogP contribution in [0.3, 0.4) is 0 Å². The van der Waals surface area contributed by atoms with Crippen molar-refractivity contribution in [3.8, 4) is 5.75 Å². The molecule has 1 saturated heterocycles. The summed E-state index contributed by atoms with van der Waals surface area (Å²) in [5.41, 5.74) is 1.22. The summed E-state index contributed by atoms with van der Waals surface area (Å²) in [5, 5.41) is 8.05. The van der Waals surface area contributed by atoms with Gasteiger partial charge < -0.3 is 9.15 Å². The second kappa shape index (κ2) is 5.63. The average Bonchev–Trinajstić information content (AvgIpc) is 3.08. The van der Waals surface area contributed by atoms with E-state index in [1.165, 1.54) is 5.56 Å². The molecule has 0 amide bonds. The standard InChI is InChI=1S/C15H19N3O2/c1-11-16-17-15(20-11)13-7-8-18(10-13)9-12-5-3-4-6-14(12)19-2/h3-6,13H,7-10H2,1-2H3/t13-/m0/s1. The van der Waals surface area contributed by atoms with E-state index in [4.69, 9.17) is 9.15 Å². The van der Waals surface area contributed by atoms with E-state index in [0.29, 0.717) is 11.8 Å². The first-order valence-corrected chi connectivity index (χ1v) is 6.90. The minimum absolute atomic E-state index is 0.353. The summed E-state index contributed by atoms with van der Waals surface area (Å²) in [7, 11) is 1.72. The fourth-order valence-corrected chi connectivity index (χ4v) is 2.73. The second-order valence-electron chi connectivity index (χ2n) is 5.19. The number of para-hydroxylation sites is 1. The fraction of sp³-hybridized carbons (Fsp3) is 0.467. The van der Waals surface area contributed by atoms with E-state index in [0.717, 1.165) is 37.7 Å². The van der Waals surface area contributed by atoms with E-state index < -0.39 is 0 Å². The van der Waals surface area contributed by atoms with Crippen molar-refractivity contribution in [3.63, 3.8) is 0 Å². The van der Waals surface area contributed by atoms with Gasteiger partial charge in [0, 0.05) is 25.6 Å². The molecule has 2 aromatic rings. The molecule has 2 heterocycles. The number of methoxy groups -OCH3 is 1. The highest BCUT2D eigenvalue weighted by Crippen LogP contribution is 2.28. The number of hydrogen-bond acceptors (Lipinski definition) is 5. The molecular formula is C15H19N3O2. The van der Waals surface area contributed by atoms with Crippen molar-refractivity contribution in [2.24, 2.45) is 0 Å². The van der Waals surface area contributed by atoms with Crippen LogP contribution in [0.1, 0.15) is 29.7 Å². The molecule has 0 bridgehead atoms. The van der Waals surface area contributed by atoms with Crippen LogP contribution >= 0.6 is 0 Å². The Morgan fingerprint density at radius 3 is 2.95 bits per heavy atom. The van der Waals surface area contributed by atoms with E-state index in [1.54, 1.807) is 7.11 Å². The minimum Gasteiger partial charge on any atom is -0.496 e. The van der Waals surface area contributed by atoms with Crippen LogP contribution in [0.4, 0.5) is 0 Å². The number of nitrogens with zero attached hydrogens (tertiary/aromatic N) is 3. The molecule has 5 nitrogen and oxygen atoms in total. The molecule has 1 aromatic heterocycles. The summed E-state index contributed by atoms with van der Waals surface area (Å²) >= 11 is 0. The third-order valence-electron chi connectivity index (χ3n) is 3.75. The van der Waals surface area contributed by atoms with E-state index in [2.05, 4.69) is 21.2 Å². The molecule has 1 atom stereocenters. The van der Waals surface area contributed by atoms with Crippen LogP contribution in [0.5, 0.6) is 5.75 Å². The van der Waals surface area contributed by atoms with Gasteiger partial charge >= 0.3 is 0 Å². The van der Waals surface area contributed by atoms with Crippen LogP contribution in [0, 0.1) is 6.92 Å². The molecule has 1 aliphatic rings. The maximum atomic E-state index is 5.54. The van der Waals surface area contributed by atoms with Gasteiger partial charge in [0.1, 0.15) is 5.75 Å². The predicted molar refractivity (Wildman–Crippen MR) is 74.7 cm³/mol. The Hall–Kier alpha value is -1.88. The fourth-order valence-electron chi connectivity index (χ4n) is 2.73. The minimum atomic E-state index is 0.353. The van der Waals surface area contributed by atoms with Crippen LogP contribution in [0.25, 0.3) is 0 Å². The molecule has 0 unspecified atom stereocenters. The third-order valence-corrected chi connectivity index (χ3v) is 3.75. The molecule has 5 heteroatoms. The van der Waals surface area contributed by atoms with Gasteiger partial charge in [0.15, 0.2) is 0 Å². The predicted octanol–water partition coefficient (Wildman–Crippen LogP) is 2.38. The molecule has 3 rings (SSSR count). The number of hydrogen-bond donors (Lipinski definition) is 0. The van der Waals surface area contributed by atoms with E-state index >= 15 is 0 Å². The summed E-state index contributed by atoms with van der Waals surface area (Å²) < 4.78 is 10.9. The summed E-state index contributed by atoms with van der Waals surface area (Å²) in [6.45, 7) is 4.73. The first-order valence-electron chi connectivity index (χ1n) is 6.90. The number of aryl methyl sites for hydroxylation is 1. The van der Waals surface area contributed by atoms with Crippen molar-refractivity contribution in [3.05, 3.63) is 41.6 Å². The second-order valence-corrected chi connectivity index (χ2v) is 5.19. The Bertz CT molecular complexity index is 582. The lowest BCUT2D eigenvalue weighted by atomic mass is 10.1. The molecular weight excluding hydrogens is 254 g/mol. The zero-order chi connectivity index (χ0) is 13.9. The highest BCUT2D eigenvalue weighted by molar-refractivity contribution is 5.33. The summed E-state index contributed by atoms with van der Waals surface area (Å²) in [5.74, 6) is 2.71. The SMILES string of the molecule is COc1ccccc1CN1CC[C@H](c2nnc(C)o2)C1. The van der Waals surface area contributed by atoms with Crippen molar-refractivity contribution >= 4 is 0 Å². The first kappa shape index (κ1) is 13.1. The van der Waals surface area contributed by atoms with E-state index in [1.807, 2.05) is 25.1 Å². The number of likely N-dealkylation sites (tertiary alicyclic amines) is 1. The van der Waals surface area contributed by atoms with Crippen molar-refractivity contribution < 1.29 is 9.15 Å². The van der Waals surface area contributed by atoms with Gasteiger partial charge in [-0.25, -0.2) is 0 Å². The van der Waals surface area contributed by atoms with Gasteiger partial charge in [-0.15, -0.1) is 10.2 Å². The summed E-state index contributed by atoms with van der Waals surface area (Å²) in [4.78, 5) is 2.40. The molecule has 0 N–H and O–H groups in total. The Morgan fingerprint density at radius 2 is 2.20 bits per heavy atom. The molecule has 0 saturated carbocycles. The largest absolute Gasteiger partial charge is 0.496 e. The number of rotatable bonds is 4. The number of ether oxygens (including phenoxy) is 1. The Morgan fingerprint density at radius 1 is 1.35 bits per heavy atom. The highest BCUT2D eigenvalue weighted by atomic mass is 16.5. The monoisotopic (exact) mass is 273 g/mol. The highest BCUT2D eigenvalue weighted by Gasteiger charge is 2.28. The quantitative estimate of drug-likeness (QED) is 0.856. The van der Waals surface area contributed by atoms with Gasteiger partial charge in [-0.05, 0) is 19.0 Å². The van der Waals surface area contributed by atoms with Crippen LogP contribution in [-0.4, -0.2) is 35.3 Å². The van der Waals surface area contributed by atoms with Gasteiger partial charge in [0.25, 0.3) is 0 Å². The number of aromatic nitrogens is 2. The summed E-state index contributed by atoms with van der Waals surface area (Å²) in [6.07, 6.45) is 1.07. The van der Waals surface area contributed by atoms with Crippen LogP contribution in [-0.2, 0) is 6.54 Å². The first-order chi connectivity index (χ1) is 9.76. The smallest absolute Gasteiger partial charge is 0.220 e. The average molecular weight is 273 g/mol. The van der Waals surface area contributed by atoms with Crippen molar-refractivity contribution in [2.45, 2.75) is 25.8 Å². The van der Waals surface area contributed by atoms with Gasteiger partial charge in [-0.1, -0.05) is 18.2 Å². The van der Waals surface area contributed by atoms with Crippen molar-refractivity contribution in [1.29, 1.82) is 0 Å². The topological polar surface area (TPSA) is 51.4 Å². The molecule has 1 fully saturated rings. The van der Waals surface area contributed by atoms with E-state index in [-0.39, 0.29) is 0 Å². The third kappa shape index (κ3) is 2.67. The molecule has 0 radical (unpaired) electrons. The van der Waals surface area contributed by atoms with Crippen LogP contribution < -0.4 is 4.74 Å². The number of benzene rings is 1. The lowest BCUT2D eigenvalue weighted by Crippen LogP contribution is -2.20. The van der Waals surface area contributed by atoms with Gasteiger partial charge in [-0.2, -0.15) is 0 Å². The lowest BCUT2D eigenvalue weighted by Gasteiger charge is -2.17. The lowest BCUT2D eigenvalue weighted by molar-refractivity contribution is 0.310. The Kier molecular flexibility index (Phi) is 3.69. The molecule has 106 valence electrons. The molecule has 1 aromatic carbocycles. The summed E-state index contributed by atoms with van der Waals surface area (Å²) in [6, 6.07) is 8.16. The Labute approximate surface area is 118 Å².